The van der Waals surface area contributed by atoms with Crippen LogP contribution < -0.4 is 5.32 Å². The molecule has 0 aromatic rings. The number of amides is 1. The topological polar surface area (TPSA) is 64.6 Å². The van der Waals surface area contributed by atoms with Gasteiger partial charge in [0.25, 0.3) is 0 Å². The van der Waals surface area contributed by atoms with Gasteiger partial charge in [0.1, 0.15) is 0 Å². The summed E-state index contributed by atoms with van der Waals surface area (Å²) in [6.45, 7) is 13.8. The van der Waals surface area contributed by atoms with E-state index in [1.807, 2.05) is 0 Å². The van der Waals surface area contributed by atoms with Crippen LogP contribution in [0.2, 0.25) is 13.3 Å². The van der Waals surface area contributed by atoms with E-state index in [1.54, 1.807) is 13.8 Å². The Morgan fingerprint density at radius 3 is 1.88 bits per heavy atom. The van der Waals surface area contributed by atoms with Crippen molar-refractivity contribution in [3.05, 3.63) is 10.2 Å². The molecule has 0 aromatic heterocycles. The first-order chi connectivity index (χ1) is 15.3. The molecule has 0 aromatic carbocycles. The van der Waals surface area contributed by atoms with E-state index >= 15 is 0 Å². The van der Waals surface area contributed by atoms with Gasteiger partial charge in [-0.25, -0.2) is 0 Å². The van der Waals surface area contributed by atoms with Gasteiger partial charge < -0.3 is 0 Å². The normalized spacial score (nSPS) is 13.6. The van der Waals surface area contributed by atoms with Gasteiger partial charge in [0.15, 0.2) is 0 Å². The van der Waals surface area contributed by atoms with Gasteiger partial charge in [-0.2, -0.15) is 0 Å². The molecule has 0 rings (SSSR count). The van der Waals surface area contributed by atoms with E-state index in [2.05, 4.69) is 43.2 Å². The van der Waals surface area contributed by atoms with Gasteiger partial charge in [-0.05, 0) is 13.8 Å². The molecule has 0 aliphatic rings. The second-order valence-corrected chi connectivity index (χ2v) is 24.2. The Bertz CT molecular complexity index is 524. The van der Waals surface area contributed by atoms with Crippen LogP contribution in [0.4, 0.5) is 0 Å². The molecule has 0 aliphatic carbocycles. The number of allylic oxidation sites excluding steroid dienone is 1. The van der Waals surface area contributed by atoms with Crippen molar-refractivity contribution in [2.75, 3.05) is 25.9 Å². The second-order valence-electron chi connectivity index (χ2n) is 9.17. The predicted octanol–water partition coefficient (Wildman–Crippen LogP) is 7.73. The summed E-state index contributed by atoms with van der Waals surface area (Å²) in [5.41, 5.74) is 0. The number of carbonyl (C=O) groups excluding carboxylic acids is 1. The molecule has 190 valence electrons. The average molecular weight is 580 g/mol. The molecule has 0 fully saturated rings. The summed E-state index contributed by atoms with van der Waals surface area (Å²) in [5.74, 6) is 0.125. The van der Waals surface area contributed by atoms with Gasteiger partial charge in [-0.1, -0.05) is 0 Å². The van der Waals surface area contributed by atoms with E-state index < -0.39 is 26.0 Å². The van der Waals surface area contributed by atoms with Crippen molar-refractivity contribution >= 4 is 31.9 Å². The van der Waals surface area contributed by atoms with Crippen LogP contribution in [-0.4, -0.2) is 50.2 Å². The molecular weight excluding hydrogens is 528 g/mol. The SMILES string of the molecule is CCC[CH2][Sn](/[CH]=C/CC[C@H](C)CNC(=O)CP(=O)(OCC)OCC)([CH2]CCC)[CH2]CCC. The van der Waals surface area contributed by atoms with E-state index in [0.29, 0.717) is 12.5 Å². The molecule has 0 spiro atoms. The van der Waals surface area contributed by atoms with E-state index in [-0.39, 0.29) is 25.3 Å². The Morgan fingerprint density at radius 2 is 1.44 bits per heavy atom. The third kappa shape index (κ3) is 15.1. The fourth-order valence-electron chi connectivity index (χ4n) is 4.07. The maximum atomic E-state index is 12.5. The van der Waals surface area contributed by atoms with Crippen molar-refractivity contribution in [1.29, 1.82) is 0 Å². The first-order valence-electron chi connectivity index (χ1n) is 13.1. The average Bonchev–Trinajstić information content (AvgIpc) is 2.76. The Kier molecular flexibility index (Phi) is 19.6. The number of hydrogen-bond acceptors (Lipinski definition) is 4. The predicted molar refractivity (Wildman–Crippen MR) is 141 cm³/mol. The minimum absolute atomic E-state index is 0.204. The van der Waals surface area contributed by atoms with Crippen LogP contribution in [0, 0.1) is 5.92 Å². The first kappa shape index (κ1) is 32.2. The summed E-state index contributed by atoms with van der Waals surface area (Å²) in [4.78, 5) is 12.2. The molecule has 0 saturated carbocycles. The van der Waals surface area contributed by atoms with Crippen LogP contribution >= 0.6 is 7.60 Å². The van der Waals surface area contributed by atoms with Crippen LogP contribution in [-0.2, 0) is 18.4 Å². The van der Waals surface area contributed by atoms with Crippen molar-refractivity contribution in [2.45, 2.75) is 106 Å². The maximum absolute atomic E-state index is 12.5. The zero-order valence-electron chi connectivity index (χ0n) is 21.9. The Morgan fingerprint density at radius 1 is 0.938 bits per heavy atom. The van der Waals surface area contributed by atoms with Gasteiger partial charge in [-0.15, -0.1) is 0 Å². The van der Waals surface area contributed by atoms with E-state index in [4.69, 9.17) is 9.05 Å². The number of carbonyl (C=O) groups is 1. The van der Waals surface area contributed by atoms with Gasteiger partial charge in [0, 0.05) is 0 Å². The molecule has 1 atom stereocenters. The molecule has 0 heterocycles. The third-order valence-corrected chi connectivity index (χ3v) is 22.2. The molecule has 0 bridgehead atoms. The quantitative estimate of drug-likeness (QED) is 0.112. The Labute approximate surface area is 203 Å². The van der Waals surface area contributed by atoms with Crippen LogP contribution in [0.1, 0.15) is 92.9 Å². The van der Waals surface area contributed by atoms with Crippen LogP contribution in [0.5, 0.6) is 0 Å². The Balaban J connectivity index is 4.65. The zero-order chi connectivity index (χ0) is 24.3. The summed E-state index contributed by atoms with van der Waals surface area (Å²) >= 11 is -2.18. The molecule has 1 N–H and O–H groups in total. The first-order valence-corrected chi connectivity index (χ1v) is 22.6. The minimum atomic E-state index is -3.32. The fraction of sp³-hybridized carbons (Fsp3) is 0.880. The molecule has 32 heavy (non-hydrogen) atoms. The molecule has 0 aliphatic heterocycles. The number of nitrogens with one attached hydrogen (secondary N) is 1. The fourth-order valence-corrected chi connectivity index (χ4v) is 20.1. The van der Waals surface area contributed by atoms with Gasteiger partial charge in [0.2, 0.25) is 0 Å². The van der Waals surface area contributed by atoms with Gasteiger partial charge >= 0.3 is 190 Å². The zero-order valence-corrected chi connectivity index (χ0v) is 25.7. The number of unbranched alkanes of at least 4 members (excludes halogenated alkanes) is 3. The number of rotatable bonds is 21. The summed E-state index contributed by atoms with van der Waals surface area (Å²) in [6, 6.07) is 0. The van der Waals surface area contributed by atoms with Crippen molar-refractivity contribution in [3.8, 4) is 0 Å². The summed E-state index contributed by atoms with van der Waals surface area (Å²) in [5, 5.41) is 2.91. The molecule has 5 nitrogen and oxygen atoms in total. The Hall–Kier alpha value is 0.159. The van der Waals surface area contributed by atoms with E-state index in [1.165, 1.54) is 51.8 Å². The van der Waals surface area contributed by atoms with Crippen molar-refractivity contribution in [1.82, 2.24) is 5.32 Å². The summed E-state index contributed by atoms with van der Waals surface area (Å²) in [6.07, 6.45) is 12.5. The third-order valence-electron chi connectivity index (χ3n) is 6.02. The van der Waals surface area contributed by atoms with Gasteiger partial charge in [0.05, 0.1) is 0 Å². The van der Waals surface area contributed by atoms with Crippen molar-refractivity contribution in [2.24, 2.45) is 5.92 Å². The van der Waals surface area contributed by atoms with E-state index in [9.17, 15) is 9.36 Å². The molecule has 0 saturated heterocycles. The molecule has 7 heteroatoms. The van der Waals surface area contributed by atoms with Crippen LogP contribution in [0.3, 0.4) is 0 Å². The molecular formula is C25H52NO4PSn. The van der Waals surface area contributed by atoms with Crippen molar-refractivity contribution < 1.29 is 18.4 Å². The monoisotopic (exact) mass is 581 g/mol. The molecule has 0 radical (unpaired) electrons. The number of hydrogen-bond donors (Lipinski definition) is 1. The molecule has 1 amide bonds. The van der Waals surface area contributed by atoms with Crippen LogP contribution in [0.15, 0.2) is 10.2 Å². The second kappa shape index (κ2) is 19.5. The van der Waals surface area contributed by atoms with Crippen LogP contribution in [0.25, 0.3) is 0 Å². The summed E-state index contributed by atoms with van der Waals surface area (Å²) in [7, 11) is -3.32. The molecule has 0 unspecified atom stereocenters. The standard InChI is InChI=1S/C13H25NO4P.3C4H9.Sn/c1-5-8-9-12(4)10-14-13(15)11-19(16,17-6-2)18-7-3;3*1-3-4-2;/h1,5,12H,6-11H2,2-4H3,(H,14,15);3*1,3-4H2,2H3;/t12-;;;;/m0..../s1. The van der Waals surface area contributed by atoms with E-state index in [0.717, 1.165) is 12.8 Å². The summed E-state index contributed by atoms with van der Waals surface area (Å²) < 4.78 is 30.2. The van der Waals surface area contributed by atoms with Gasteiger partial charge in [-0.3, -0.25) is 0 Å². The van der Waals surface area contributed by atoms with Crippen molar-refractivity contribution in [3.63, 3.8) is 0 Å².